The van der Waals surface area contributed by atoms with Gasteiger partial charge in [0.2, 0.25) is 0 Å². The van der Waals surface area contributed by atoms with Gasteiger partial charge in [0, 0.05) is 116 Å². The predicted molar refractivity (Wildman–Crippen MR) is 496 cm³/mol. The van der Waals surface area contributed by atoms with E-state index in [-0.39, 0.29) is 23.7 Å². The van der Waals surface area contributed by atoms with Gasteiger partial charge < -0.3 is 0 Å². The lowest BCUT2D eigenvalue weighted by Crippen LogP contribution is -2.25. The van der Waals surface area contributed by atoms with Gasteiger partial charge in [-0.15, -0.1) is 65.1 Å². The lowest BCUT2D eigenvalue weighted by molar-refractivity contribution is 0.139. The Balaban J connectivity index is -0.000000174. The molecule has 0 aliphatic heterocycles. The summed E-state index contributed by atoms with van der Waals surface area (Å²) in [6.07, 6.45) is 21.4. The normalized spacial score (nSPS) is 14.9. The Morgan fingerprint density at radius 1 is 0.352 bits per heavy atom. The van der Waals surface area contributed by atoms with Crippen LogP contribution in [0.3, 0.4) is 0 Å². The van der Waals surface area contributed by atoms with Crippen LogP contribution in [0.25, 0.3) is 0 Å². The van der Waals surface area contributed by atoms with Crippen molar-refractivity contribution in [1.82, 2.24) is 0 Å². The van der Waals surface area contributed by atoms with Crippen LogP contribution in [0.15, 0.2) is 0 Å². The second-order valence-electron chi connectivity index (χ2n) is 40.7. The molecule has 0 nitrogen and oxygen atoms in total. The van der Waals surface area contributed by atoms with Crippen molar-refractivity contribution in [3.63, 3.8) is 0 Å². The summed E-state index contributed by atoms with van der Waals surface area (Å²) < 4.78 is 13.3. The van der Waals surface area contributed by atoms with E-state index >= 15 is 0 Å². The molecule has 0 aromatic heterocycles. The Morgan fingerprint density at radius 2 is 0.648 bits per heavy atom. The molecule has 0 bridgehead atoms. The van der Waals surface area contributed by atoms with Crippen molar-refractivity contribution in [3.8, 4) is 107 Å². The monoisotopic (exact) mass is 1500 g/mol. The molecule has 7 atom stereocenters. The maximum Gasteiger partial charge on any atom is 0.104 e. The Morgan fingerprint density at radius 3 is 0.907 bits per heavy atom. The van der Waals surface area contributed by atoms with Crippen LogP contribution in [0.2, 0.25) is 0 Å². The topological polar surface area (TPSA) is 0 Å². The second-order valence-corrected chi connectivity index (χ2v) is 40.7. The van der Waals surface area contributed by atoms with Crippen molar-refractivity contribution < 1.29 is 4.39 Å². The number of halogens is 1. The van der Waals surface area contributed by atoms with Crippen molar-refractivity contribution in [2.24, 2.45) is 133 Å². The van der Waals surface area contributed by atoms with E-state index < -0.39 is 6.17 Å². The van der Waals surface area contributed by atoms with Crippen LogP contribution in [0.5, 0.6) is 0 Å². The molecule has 2 aliphatic carbocycles. The minimum atomic E-state index is -0.777. The smallest absolute Gasteiger partial charge is 0.104 e. The second kappa shape index (κ2) is 66.4. The first kappa shape index (κ1) is 120. The van der Waals surface area contributed by atoms with Gasteiger partial charge in [0.25, 0.3) is 0 Å². The maximum atomic E-state index is 13.3. The molecule has 2 saturated carbocycles. The van der Waals surface area contributed by atoms with Crippen molar-refractivity contribution in [3.05, 3.63) is 0 Å². The van der Waals surface area contributed by atoms with Gasteiger partial charge in [-0.1, -0.05) is 318 Å². The fourth-order valence-corrected chi connectivity index (χ4v) is 8.08. The lowest BCUT2D eigenvalue weighted by atomic mass is 9.71. The Labute approximate surface area is 686 Å². The third-order valence-corrected chi connectivity index (χ3v) is 20.3. The van der Waals surface area contributed by atoms with Crippen LogP contribution < -0.4 is 0 Å². The van der Waals surface area contributed by atoms with Crippen molar-refractivity contribution in [2.75, 3.05) is 0 Å². The van der Waals surface area contributed by atoms with Gasteiger partial charge in [0.1, 0.15) is 6.17 Å². The molecule has 2 fully saturated rings. The first-order chi connectivity index (χ1) is 48.8. The average Bonchev–Trinajstić information content (AvgIpc) is 1.86. The molecule has 0 amide bonds. The van der Waals surface area contributed by atoms with E-state index in [4.69, 9.17) is 0 Å². The Hall–Kier alpha value is -4.03. The fraction of sp³-hybridized carbons (Fsp3) is 0.832. The molecular formula is C107H193F. The standard InChI is InChI=1S/C14H26.C13H23F.3C12H22.2C11H18.C11H20.C10H18.CH4/c1-7-14(6,13(4)5)11-9-8-10-12(2)3;1-6-13(5,12(4)14)10-8-7-9-11(2)3;2*1-10(2)8-7-9-11(3)12(4,5)6;1-6-12(5,7-2)10-8-9-11(3)4;1-10(2)6-4-7-11(3)8-5-9-11;1-9(2)5-4-6-10(3)11-7-8-11;1-9(2)7-6-8-11(5)10(3)4;1-9(2)7-6-8-10(3,4)5;/h12-13H,7,10-11H2,1-6H3;11-12H,6,9-10H2,1-5H3;2*10-11H,8H2,1-6H3;11H,6-7,9H2,1-5H3;10H,5-6,8-9H2,1-3H3;9-11H,5,7-8H2,1-3H3;9-11H,7H2,1-5H3;9H,7H2,1-5H3;1H4. The summed E-state index contributed by atoms with van der Waals surface area (Å²) in [5.41, 5.74) is 1.63. The summed E-state index contributed by atoms with van der Waals surface area (Å²) in [5, 5.41) is 0. The highest BCUT2D eigenvalue weighted by molar-refractivity contribution is 5.15. The zero-order valence-corrected chi connectivity index (χ0v) is 80.8. The molecule has 0 saturated heterocycles. The molecule has 0 aromatic rings. The maximum absolute atomic E-state index is 13.3. The summed E-state index contributed by atoms with van der Waals surface area (Å²) in [7, 11) is 0. The fourth-order valence-electron chi connectivity index (χ4n) is 8.08. The molecule has 2 aliphatic rings. The molecule has 7 unspecified atom stereocenters. The average molecular weight is 1500 g/mol. The lowest BCUT2D eigenvalue weighted by Gasteiger charge is -2.32. The quantitative estimate of drug-likeness (QED) is 0.113. The van der Waals surface area contributed by atoms with Crippen LogP contribution in [-0.2, 0) is 0 Å². The van der Waals surface area contributed by atoms with Gasteiger partial charge >= 0.3 is 0 Å². The summed E-state index contributed by atoms with van der Waals surface area (Å²) in [4.78, 5) is 0. The molecule has 0 N–H and O–H groups in total. The molecule has 1 heteroatoms. The van der Waals surface area contributed by atoms with Crippen LogP contribution in [0, 0.1) is 239 Å². The number of hydrogen-bond acceptors (Lipinski definition) is 0. The number of rotatable bonds is 19. The van der Waals surface area contributed by atoms with Crippen molar-refractivity contribution >= 4 is 0 Å². The van der Waals surface area contributed by atoms with E-state index in [1.54, 1.807) is 6.92 Å². The summed E-state index contributed by atoms with van der Waals surface area (Å²) in [6.45, 7) is 96.6. The summed E-state index contributed by atoms with van der Waals surface area (Å²) >= 11 is 0. The molecule has 2 rings (SSSR count). The van der Waals surface area contributed by atoms with Crippen LogP contribution in [-0.4, -0.2) is 6.17 Å². The highest BCUT2D eigenvalue weighted by atomic mass is 19.1. The van der Waals surface area contributed by atoms with Gasteiger partial charge in [0.05, 0.1) is 0 Å². The zero-order valence-electron chi connectivity index (χ0n) is 80.8. The highest BCUT2D eigenvalue weighted by Crippen LogP contribution is 2.40. The minimum absolute atomic E-state index is 0. The molecular weight excluding hydrogens is 1300 g/mol. The molecule has 108 heavy (non-hydrogen) atoms. The van der Waals surface area contributed by atoms with Crippen LogP contribution in [0.1, 0.15) is 440 Å². The summed E-state index contributed by atoms with van der Waals surface area (Å²) in [6, 6.07) is 0. The highest BCUT2D eigenvalue weighted by Gasteiger charge is 2.30. The Bertz CT molecular complexity index is 2640. The van der Waals surface area contributed by atoms with Gasteiger partial charge in [0.15, 0.2) is 0 Å². The third-order valence-electron chi connectivity index (χ3n) is 20.3. The van der Waals surface area contributed by atoms with Crippen LogP contribution >= 0.6 is 0 Å². The van der Waals surface area contributed by atoms with E-state index in [0.29, 0.717) is 99.1 Å². The van der Waals surface area contributed by atoms with Gasteiger partial charge in [-0.25, -0.2) is 4.39 Å². The number of alkyl halides is 1. The molecule has 0 aromatic carbocycles. The molecule has 628 valence electrons. The van der Waals surface area contributed by atoms with Gasteiger partial charge in [-0.2, -0.15) is 0 Å². The molecule has 0 radical (unpaired) electrons. The van der Waals surface area contributed by atoms with Crippen molar-refractivity contribution in [2.45, 2.75) is 447 Å². The van der Waals surface area contributed by atoms with E-state index in [1.165, 1.54) is 38.5 Å². The molecule has 0 heterocycles. The van der Waals surface area contributed by atoms with Gasteiger partial charge in [-0.05, 0) is 180 Å². The van der Waals surface area contributed by atoms with Crippen LogP contribution in [0.4, 0.5) is 4.39 Å². The predicted octanol–water partition coefficient (Wildman–Crippen LogP) is 33.4. The van der Waals surface area contributed by atoms with Crippen molar-refractivity contribution in [1.29, 1.82) is 0 Å². The minimum Gasteiger partial charge on any atom is -0.247 e. The zero-order chi connectivity index (χ0) is 85.2. The van der Waals surface area contributed by atoms with E-state index in [1.807, 2.05) is 13.8 Å². The third kappa shape index (κ3) is 82.9. The molecule has 0 spiro atoms. The first-order valence-electron chi connectivity index (χ1n) is 43.8. The largest absolute Gasteiger partial charge is 0.247 e. The van der Waals surface area contributed by atoms with E-state index in [2.05, 4.69) is 390 Å². The van der Waals surface area contributed by atoms with E-state index in [0.717, 1.165) is 107 Å². The summed E-state index contributed by atoms with van der Waals surface area (Å²) in [5.74, 6) is 69.5. The first-order valence-corrected chi connectivity index (χ1v) is 43.8. The Kier molecular flexibility index (Phi) is 73.6. The SMILES string of the molecule is C.CC(C)CC#CC(C)(C)C.CC(C)CC#CC(C)C(C)(C)C.CC(C)CC#CC(C)C(C)(C)C.CC(C)CC#CC(C)C(C)C.CC(C)CC#CC(C)C1CC1.CC(C)CC#CC1(C)CCC1.CCC(C)(C#CCC(C)C)CC.CCC(C)(CC#CCC(C)C)C(C)C.CCC(C)(CC#CCC(C)C)C(C)F. The number of hydrogen-bond donors (Lipinski definition) is 0. The van der Waals surface area contributed by atoms with E-state index in [9.17, 15) is 4.39 Å². The van der Waals surface area contributed by atoms with Gasteiger partial charge in [-0.3, -0.25) is 0 Å².